The molecule has 33 heavy (non-hydrogen) atoms. The Labute approximate surface area is 192 Å². The van der Waals surface area contributed by atoms with E-state index in [9.17, 15) is 4.79 Å². The Balaban J connectivity index is 1.56. The van der Waals surface area contributed by atoms with Gasteiger partial charge in [0.05, 0.1) is 17.9 Å². The van der Waals surface area contributed by atoms with E-state index in [1.165, 1.54) is 0 Å². The van der Waals surface area contributed by atoms with E-state index in [2.05, 4.69) is 25.0 Å². The molecule has 1 aromatic carbocycles. The second-order valence-corrected chi connectivity index (χ2v) is 8.24. The lowest BCUT2D eigenvalue weighted by atomic mass is 10.0. The molecule has 1 aliphatic rings. The lowest BCUT2D eigenvalue weighted by molar-refractivity contribution is 0.102. The van der Waals surface area contributed by atoms with Gasteiger partial charge in [-0.05, 0) is 56.5 Å². The van der Waals surface area contributed by atoms with Crippen molar-refractivity contribution >= 4 is 11.7 Å². The topological polar surface area (TPSA) is 86.9 Å². The number of aromatic nitrogens is 5. The number of fused-ring (bicyclic) bond motifs is 5. The third kappa shape index (κ3) is 4.00. The van der Waals surface area contributed by atoms with Gasteiger partial charge in [-0.2, -0.15) is 5.10 Å². The largest absolute Gasteiger partial charge is 0.493 e. The molecule has 3 aromatic heterocycles. The monoisotopic (exact) mass is 442 g/mol. The standard InChI is InChI=1S/C25H26N6O2/c1-16-23(17(2)30(3)29-16)18-9-10-21-19(15-18)25(32)28-22-8-6-7-20(27-22)24-26-11-13-31(24)12-4-5-14-33-21/h6-11,13,15H,4-5,12,14H2,1-3H3,(H,27,28,32). The Hall–Kier alpha value is -3.94. The molecule has 168 valence electrons. The molecular weight excluding hydrogens is 416 g/mol. The van der Waals surface area contributed by atoms with Crippen LogP contribution in [0.15, 0.2) is 48.8 Å². The number of carbonyl (C=O) groups is 1. The molecule has 0 fully saturated rings. The van der Waals surface area contributed by atoms with Gasteiger partial charge >= 0.3 is 0 Å². The maximum Gasteiger partial charge on any atom is 0.260 e. The molecule has 0 saturated heterocycles. The van der Waals surface area contributed by atoms with Gasteiger partial charge in [-0.1, -0.05) is 12.1 Å². The van der Waals surface area contributed by atoms with Gasteiger partial charge in [-0.25, -0.2) is 9.97 Å². The van der Waals surface area contributed by atoms with Crippen molar-refractivity contribution in [2.24, 2.45) is 7.05 Å². The maximum atomic E-state index is 13.4. The predicted octanol–water partition coefficient (Wildman–Crippen LogP) is 4.39. The molecular formula is C25H26N6O2. The van der Waals surface area contributed by atoms with E-state index in [0.717, 1.165) is 53.4 Å². The first-order valence-corrected chi connectivity index (χ1v) is 11.1. The van der Waals surface area contributed by atoms with Gasteiger partial charge in [0, 0.05) is 37.2 Å². The van der Waals surface area contributed by atoms with Crippen molar-refractivity contribution < 1.29 is 9.53 Å². The van der Waals surface area contributed by atoms with Gasteiger partial charge < -0.3 is 14.6 Å². The molecule has 0 spiro atoms. The van der Waals surface area contributed by atoms with Crippen molar-refractivity contribution in [1.29, 1.82) is 0 Å². The molecule has 4 aromatic rings. The smallest absolute Gasteiger partial charge is 0.260 e. The molecule has 8 heteroatoms. The van der Waals surface area contributed by atoms with Crippen molar-refractivity contribution in [2.45, 2.75) is 33.2 Å². The average Bonchev–Trinajstić information content (AvgIpc) is 3.37. The minimum atomic E-state index is -0.268. The molecule has 1 aliphatic heterocycles. The fraction of sp³-hybridized carbons (Fsp3) is 0.280. The van der Waals surface area contributed by atoms with E-state index in [1.54, 1.807) is 12.3 Å². The number of ether oxygens (including phenoxy) is 1. The summed E-state index contributed by atoms with van der Waals surface area (Å²) < 4.78 is 9.99. The minimum absolute atomic E-state index is 0.268. The van der Waals surface area contributed by atoms with Crippen molar-refractivity contribution in [3.8, 4) is 28.4 Å². The first kappa shape index (κ1) is 20.9. The summed E-state index contributed by atoms with van der Waals surface area (Å²) >= 11 is 0. The van der Waals surface area contributed by atoms with E-state index in [0.29, 0.717) is 23.7 Å². The number of nitrogens with zero attached hydrogens (tertiary/aromatic N) is 5. The zero-order valence-electron chi connectivity index (χ0n) is 19.0. The van der Waals surface area contributed by atoms with Crippen molar-refractivity contribution in [2.75, 3.05) is 11.9 Å². The molecule has 0 radical (unpaired) electrons. The lowest BCUT2D eigenvalue weighted by Crippen LogP contribution is -2.16. The van der Waals surface area contributed by atoms with Crippen molar-refractivity contribution in [3.63, 3.8) is 0 Å². The van der Waals surface area contributed by atoms with Crippen LogP contribution in [0, 0.1) is 13.8 Å². The third-order valence-electron chi connectivity index (χ3n) is 6.01. The molecule has 0 saturated carbocycles. The number of rotatable bonds is 1. The molecule has 5 rings (SSSR count). The van der Waals surface area contributed by atoms with Gasteiger partial charge in [0.25, 0.3) is 5.91 Å². The average molecular weight is 443 g/mol. The van der Waals surface area contributed by atoms with E-state index < -0.39 is 0 Å². The Morgan fingerprint density at radius 2 is 2.00 bits per heavy atom. The first-order valence-electron chi connectivity index (χ1n) is 11.1. The van der Waals surface area contributed by atoms with Crippen LogP contribution >= 0.6 is 0 Å². The number of benzene rings is 1. The van der Waals surface area contributed by atoms with Gasteiger partial charge in [-0.15, -0.1) is 0 Å². The summed E-state index contributed by atoms with van der Waals surface area (Å²) in [5.74, 6) is 1.55. The summed E-state index contributed by atoms with van der Waals surface area (Å²) in [6.07, 6.45) is 5.51. The maximum absolute atomic E-state index is 13.4. The SMILES string of the molecule is Cc1nn(C)c(C)c1-c1ccc2c(c1)C(=O)Nc1cccc(n1)-c1nccn1CCCCO2. The van der Waals surface area contributed by atoms with Crippen LogP contribution in [0.4, 0.5) is 5.82 Å². The fourth-order valence-corrected chi connectivity index (χ4v) is 4.28. The van der Waals surface area contributed by atoms with Gasteiger partial charge in [0.1, 0.15) is 17.3 Å². The number of imidazole rings is 1. The first-order chi connectivity index (χ1) is 16.0. The predicted molar refractivity (Wildman–Crippen MR) is 126 cm³/mol. The minimum Gasteiger partial charge on any atom is -0.493 e. The Morgan fingerprint density at radius 3 is 2.82 bits per heavy atom. The highest BCUT2D eigenvalue weighted by molar-refractivity contribution is 6.06. The van der Waals surface area contributed by atoms with Crippen molar-refractivity contribution in [1.82, 2.24) is 24.3 Å². The van der Waals surface area contributed by atoms with E-state index in [-0.39, 0.29) is 5.91 Å². The molecule has 0 atom stereocenters. The van der Waals surface area contributed by atoms with E-state index >= 15 is 0 Å². The van der Waals surface area contributed by atoms with Gasteiger partial charge in [-0.3, -0.25) is 9.48 Å². The van der Waals surface area contributed by atoms with E-state index in [4.69, 9.17) is 4.74 Å². The molecule has 4 heterocycles. The van der Waals surface area contributed by atoms with Crippen LogP contribution in [-0.2, 0) is 13.6 Å². The molecule has 0 aliphatic carbocycles. The van der Waals surface area contributed by atoms with Crippen LogP contribution < -0.4 is 10.1 Å². The molecule has 8 nitrogen and oxygen atoms in total. The second-order valence-electron chi connectivity index (χ2n) is 8.24. The molecule has 1 amide bonds. The number of hydrogen-bond acceptors (Lipinski definition) is 5. The number of hydrogen-bond donors (Lipinski definition) is 1. The number of anilines is 1. The summed E-state index contributed by atoms with van der Waals surface area (Å²) in [5.41, 5.74) is 5.11. The highest BCUT2D eigenvalue weighted by atomic mass is 16.5. The second kappa shape index (κ2) is 8.54. The van der Waals surface area contributed by atoms with Gasteiger partial charge in [0.2, 0.25) is 0 Å². The Kier molecular flexibility index (Phi) is 5.42. The number of carbonyl (C=O) groups excluding carboxylic acids is 1. The quantitative estimate of drug-likeness (QED) is 0.473. The lowest BCUT2D eigenvalue weighted by Gasteiger charge is -2.15. The van der Waals surface area contributed by atoms with E-state index in [1.807, 2.05) is 62.1 Å². The van der Waals surface area contributed by atoms with Crippen LogP contribution in [0.5, 0.6) is 5.75 Å². The van der Waals surface area contributed by atoms with Crippen LogP contribution in [0.1, 0.15) is 34.6 Å². The summed E-state index contributed by atoms with van der Waals surface area (Å²) in [5, 5.41) is 7.46. The summed E-state index contributed by atoms with van der Waals surface area (Å²) in [4.78, 5) is 22.5. The van der Waals surface area contributed by atoms with Crippen LogP contribution in [0.3, 0.4) is 0 Å². The van der Waals surface area contributed by atoms with Crippen molar-refractivity contribution in [3.05, 3.63) is 65.7 Å². The Morgan fingerprint density at radius 1 is 1.12 bits per heavy atom. The zero-order valence-corrected chi connectivity index (χ0v) is 19.0. The number of nitrogens with one attached hydrogen (secondary N) is 1. The Bertz CT molecular complexity index is 1340. The normalized spacial score (nSPS) is 14.0. The summed E-state index contributed by atoms with van der Waals surface area (Å²) in [7, 11) is 1.92. The number of amides is 1. The molecule has 0 unspecified atom stereocenters. The molecule has 2 bridgehead atoms. The summed E-state index contributed by atoms with van der Waals surface area (Å²) in [6, 6.07) is 11.3. The van der Waals surface area contributed by atoms with Gasteiger partial charge in [0.15, 0.2) is 5.82 Å². The highest BCUT2D eigenvalue weighted by Crippen LogP contribution is 2.32. The highest BCUT2D eigenvalue weighted by Gasteiger charge is 2.19. The third-order valence-corrected chi connectivity index (χ3v) is 6.01. The fourth-order valence-electron chi connectivity index (χ4n) is 4.28. The van der Waals surface area contributed by atoms with Crippen LogP contribution in [0.25, 0.3) is 22.6 Å². The summed E-state index contributed by atoms with van der Waals surface area (Å²) in [6.45, 7) is 5.35. The van der Waals surface area contributed by atoms with Crippen LogP contribution in [0.2, 0.25) is 0 Å². The number of aryl methyl sites for hydroxylation is 3. The van der Waals surface area contributed by atoms with Crippen LogP contribution in [-0.4, -0.2) is 36.8 Å². The molecule has 1 N–H and O–H groups in total. The number of pyridine rings is 1. The zero-order chi connectivity index (χ0) is 22.9.